The smallest absolute Gasteiger partial charge is 0.281 e. The van der Waals surface area contributed by atoms with Crippen LogP contribution < -0.4 is 0 Å². The van der Waals surface area contributed by atoms with Crippen molar-refractivity contribution in [2.45, 2.75) is 12.3 Å². The number of benzene rings is 3. The molecule has 0 spiro atoms. The van der Waals surface area contributed by atoms with Crippen LogP contribution in [0.5, 0.6) is 0 Å². The van der Waals surface area contributed by atoms with Gasteiger partial charge in [-0.25, -0.2) is 0 Å². The fourth-order valence-electron chi connectivity index (χ4n) is 3.21. The lowest BCUT2D eigenvalue weighted by Crippen LogP contribution is -2.43. The number of amides is 1. The van der Waals surface area contributed by atoms with Crippen LogP contribution >= 0.6 is 27.5 Å². The first-order chi connectivity index (χ1) is 14.0. The van der Waals surface area contributed by atoms with Crippen LogP contribution in [0.2, 0.25) is 5.02 Å². The average molecular weight is 471 g/mol. The molecular formula is C23H17BrClNO3. The van der Waals surface area contributed by atoms with Gasteiger partial charge in [0.25, 0.3) is 5.91 Å². The Bertz CT molecular complexity index is 1070. The van der Waals surface area contributed by atoms with Crippen molar-refractivity contribution in [3.63, 3.8) is 0 Å². The van der Waals surface area contributed by atoms with Crippen molar-refractivity contribution >= 4 is 39.0 Å². The van der Waals surface area contributed by atoms with Crippen molar-refractivity contribution in [3.05, 3.63) is 111 Å². The summed E-state index contributed by atoms with van der Waals surface area (Å²) in [7, 11) is 0. The Hall–Kier alpha value is -2.44. The van der Waals surface area contributed by atoms with Gasteiger partial charge in [-0.1, -0.05) is 82.1 Å². The van der Waals surface area contributed by atoms with E-state index in [0.29, 0.717) is 21.7 Å². The summed E-state index contributed by atoms with van der Waals surface area (Å²) in [6, 6.07) is 23.5. The Kier molecular flexibility index (Phi) is 5.56. The van der Waals surface area contributed by atoms with Crippen LogP contribution in [-0.4, -0.2) is 16.1 Å². The molecule has 0 saturated heterocycles. The highest BCUT2D eigenvalue weighted by molar-refractivity contribution is 9.10. The minimum Gasteiger partial charge on any atom is -0.362 e. The van der Waals surface area contributed by atoms with Crippen LogP contribution in [0.15, 0.2) is 89.4 Å². The number of rotatable bonds is 5. The van der Waals surface area contributed by atoms with Gasteiger partial charge in [0.1, 0.15) is 6.61 Å². The second kappa shape index (κ2) is 8.13. The summed E-state index contributed by atoms with van der Waals surface area (Å²) in [6.45, 7) is 0.109. The lowest BCUT2D eigenvalue weighted by Gasteiger charge is -2.32. The lowest BCUT2D eigenvalue weighted by atomic mass is 10.0. The summed E-state index contributed by atoms with van der Waals surface area (Å²) in [5.74, 6) is -0.414. The molecule has 0 radical (unpaired) electrons. The molecule has 0 saturated carbocycles. The Labute approximate surface area is 182 Å². The van der Waals surface area contributed by atoms with Crippen molar-refractivity contribution in [1.82, 2.24) is 5.06 Å². The van der Waals surface area contributed by atoms with Crippen LogP contribution in [0, 0.1) is 0 Å². The van der Waals surface area contributed by atoms with Gasteiger partial charge in [0, 0.05) is 15.1 Å². The Morgan fingerprint density at radius 2 is 1.72 bits per heavy atom. The van der Waals surface area contributed by atoms with Gasteiger partial charge in [-0.15, -0.1) is 0 Å². The van der Waals surface area contributed by atoms with Crippen LogP contribution in [0.3, 0.4) is 0 Å². The summed E-state index contributed by atoms with van der Waals surface area (Å²) in [4.78, 5) is 19.0. The first kappa shape index (κ1) is 19.9. The molecule has 1 heterocycles. The second-order valence-electron chi connectivity index (χ2n) is 6.66. The van der Waals surface area contributed by atoms with E-state index in [2.05, 4.69) is 15.9 Å². The summed E-state index contributed by atoms with van der Waals surface area (Å²) in [6.07, 6.45) is 1.54. The molecule has 29 heavy (non-hydrogen) atoms. The fourth-order valence-corrected chi connectivity index (χ4v) is 3.73. The van der Waals surface area contributed by atoms with Crippen LogP contribution in [-0.2, 0) is 22.0 Å². The van der Waals surface area contributed by atoms with E-state index >= 15 is 0 Å². The molecular weight excluding hydrogens is 454 g/mol. The molecule has 0 aromatic heterocycles. The first-order valence-electron chi connectivity index (χ1n) is 8.96. The van der Waals surface area contributed by atoms with E-state index in [-0.39, 0.29) is 6.61 Å². The number of carbonyl (C=O) groups excluding carboxylic acids is 1. The van der Waals surface area contributed by atoms with Gasteiger partial charge in [0.05, 0.1) is 5.57 Å². The molecule has 1 N–H and O–H groups in total. The normalized spacial score (nSPS) is 18.8. The molecule has 146 valence electrons. The molecule has 1 aliphatic rings. The maximum absolute atomic E-state index is 13.2. The predicted molar refractivity (Wildman–Crippen MR) is 116 cm³/mol. The minimum atomic E-state index is -1.72. The standard InChI is InChI=1S/C23H17BrClNO3/c24-19-8-4-5-17(13-19)21-14-23(28,18-6-2-1-3-7-18)26(22(21)27)29-15-16-9-11-20(25)12-10-16/h1-14,28H,15H2. The number of hydrogen-bond donors (Lipinski definition) is 1. The zero-order chi connectivity index (χ0) is 20.4. The SMILES string of the molecule is O=C1C(c2cccc(Br)c2)=CC(O)(c2ccccc2)N1OCc1ccc(Cl)cc1. The third-order valence-electron chi connectivity index (χ3n) is 4.68. The number of hydroxylamine groups is 2. The van der Waals surface area contributed by atoms with Gasteiger partial charge in [-0.3, -0.25) is 9.63 Å². The molecule has 3 aromatic carbocycles. The Morgan fingerprint density at radius 1 is 1.00 bits per heavy atom. The van der Waals surface area contributed by atoms with Crippen LogP contribution in [0.4, 0.5) is 0 Å². The maximum Gasteiger partial charge on any atom is 0.281 e. The Morgan fingerprint density at radius 3 is 2.41 bits per heavy atom. The van der Waals surface area contributed by atoms with Crippen molar-refractivity contribution in [2.24, 2.45) is 0 Å². The molecule has 0 aliphatic carbocycles. The first-order valence-corrected chi connectivity index (χ1v) is 10.1. The van der Waals surface area contributed by atoms with Gasteiger partial charge >= 0.3 is 0 Å². The van der Waals surface area contributed by atoms with Gasteiger partial charge in [0.15, 0.2) is 0 Å². The van der Waals surface area contributed by atoms with Crippen molar-refractivity contribution in [2.75, 3.05) is 0 Å². The van der Waals surface area contributed by atoms with Gasteiger partial charge in [-0.2, -0.15) is 5.06 Å². The number of carbonyl (C=O) groups is 1. The number of aliphatic hydroxyl groups is 1. The van der Waals surface area contributed by atoms with Gasteiger partial charge in [0.2, 0.25) is 5.72 Å². The fraction of sp³-hybridized carbons (Fsp3) is 0.0870. The molecule has 0 fully saturated rings. The Balaban J connectivity index is 1.70. The van der Waals surface area contributed by atoms with Crippen molar-refractivity contribution < 1.29 is 14.7 Å². The zero-order valence-corrected chi connectivity index (χ0v) is 17.6. The van der Waals surface area contributed by atoms with E-state index in [1.807, 2.05) is 42.5 Å². The number of nitrogens with zero attached hydrogens (tertiary/aromatic N) is 1. The highest BCUT2D eigenvalue weighted by atomic mass is 79.9. The van der Waals surface area contributed by atoms with Gasteiger partial charge < -0.3 is 5.11 Å². The molecule has 3 aromatic rings. The van der Waals surface area contributed by atoms with E-state index in [1.54, 1.807) is 36.4 Å². The van der Waals surface area contributed by atoms with E-state index in [9.17, 15) is 9.90 Å². The molecule has 1 atom stereocenters. The third-order valence-corrected chi connectivity index (χ3v) is 5.42. The summed E-state index contributed by atoms with van der Waals surface area (Å²) < 4.78 is 0.840. The van der Waals surface area contributed by atoms with E-state index in [0.717, 1.165) is 15.1 Å². The van der Waals surface area contributed by atoms with Crippen molar-refractivity contribution in [3.8, 4) is 0 Å². The summed E-state index contributed by atoms with van der Waals surface area (Å²) in [5.41, 5.74) is 0.704. The summed E-state index contributed by atoms with van der Waals surface area (Å²) in [5, 5.41) is 13.1. The average Bonchev–Trinajstić information content (AvgIpc) is 3.00. The van der Waals surface area contributed by atoms with Crippen molar-refractivity contribution in [1.29, 1.82) is 0 Å². The predicted octanol–water partition coefficient (Wildman–Crippen LogP) is 5.31. The topological polar surface area (TPSA) is 49.8 Å². The highest BCUT2D eigenvalue weighted by Gasteiger charge is 2.47. The molecule has 1 amide bonds. The van der Waals surface area contributed by atoms with Gasteiger partial charge in [-0.05, 0) is 41.5 Å². The maximum atomic E-state index is 13.2. The molecule has 0 bridgehead atoms. The monoisotopic (exact) mass is 469 g/mol. The number of halogens is 2. The third kappa shape index (κ3) is 4.00. The zero-order valence-electron chi connectivity index (χ0n) is 15.3. The minimum absolute atomic E-state index is 0.109. The lowest BCUT2D eigenvalue weighted by molar-refractivity contribution is -0.262. The van der Waals surface area contributed by atoms with Crippen LogP contribution in [0.1, 0.15) is 16.7 Å². The highest BCUT2D eigenvalue weighted by Crippen LogP contribution is 2.40. The molecule has 4 nitrogen and oxygen atoms in total. The van der Waals surface area contributed by atoms with E-state index in [4.69, 9.17) is 16.4 Å². The van der Waals surface area contributed by atoms with E-state index in [1.165, 1.54) is 6.08 Å². The van der Waals surface area contributed by atoms with E-state index < -0.39 is 11.6 Å². The largest absolute Gasteiger partial charge is 0.362 e. The quantitative estimate of drug-likeness (QED) is 0.550. The molecule has 6 heteroatoms. The molecule has 1 unspecified atom stereocenters. The molecule has 4 rings (SSSR count). The molecule has 1 aliphatic heterocycles. The summed E-state index contributed by atoms with van der Waals surface area (Å²) >= 11 is 9.36. The second-order valence-corrected chi connectivity index (χ2v) is 8.01. The number of hydrogen-bond acceptors (Lipinski definition) is 3. The van der Waals surface area contributed by atoms with Crippen LogP contribution in [0.25, 0.3) is 5.57 Å².